The van der Waals surface area contributed by atoms with Crippen LogP contribution >= 0.6 is 12.6 Å². The van der Waals surface area contributed by atoms with Gasteiger partial charge in [0.15, 0.2) is 5.65 Å². The first-order valence-corrected chi connectivity index (χ1v) is 4.15. The number of pyridine rings is 1. The molecule has 12 heavy (non-hydrogen) atoms. The lowest BCUT2D eigenvalue weighted by molar-refractivity contribution is 0.998. The molecular formula is C7H8N4S. The van der Waals surface area contributed by atoms with Gasteiger partial charge in [-0.2, -0.15) is 12.6 Å². The summed E-state index contributed by atoms with van der Waals surface area (Å²) in [7, 11) is 0. The Labute approximate surface area is 74.8 Å². The van der Waals surface area contributed by atoms with Crippen LogP contribution in [-0.2, 0) is 5.75 Å². The Hall–Kier alpha value is -1.23. The molecule has 0 saturated carbocycles. The second kappa shape index (κ2) is 2.67. The van der Waals surface area contributed by atoms with Crippen LogP contribution in [0.25, 0.3) is 5.65 Å². The predicted molar refractivity (Wildman–Crippen MR) is 50.1 cm³/mol. The fourth-order valence-electron chi connectivity index (χ4n) is 1.13. The van der Waals surface area contributed by atoms with Crippen LogP contribution in [0.4, 0.5) is 5.82 Å². The Morgan fingerprint density at radius 3 is 3.00 bits per heavy atom. The number of fused-ring (bicyclic) bond motifs is 1. The summed E-state index contributed by atoms with van der Waals surface area (Å²) < 4.78 is 1.78. The highest BCUT2D eigenvalue weighted by Crippen LogP contribution is 2.10. The molecule has 0 amide bonds. The first kappa shape index (κ1) is 7.42. The van der Waals surface area contributed by atoms with Crippen LogP contribution in [0.5, 0.6) is 0 Å². The zero-order chi connectivity index (χ0) is 8.55. The number of aromatic nitrogens is 3. The maximum Gasteiger partial charge on any atom is 0.162 e. The summed E-state index contributed by atoms with van der Waals surface area (Å²) in [6, 6.07) is 5.52. The largest absolute Gasteiger partial charge is 0.385 e. The molecule has 62 valence electrons. The highest BCUT2D eigenvalue weighted by atomic mass is 32.1. The highest BCUT2D eigenvalue weighted by Gasteiger charge is 2.04. The van der Waals surface area contributed by atoms with Crippen molar-refractivity contribution in [2.24, 2.45) is 0 Å². The second-order valence-corrected chi connectivity index (χ2v) is 2.73. The minimum Gasteiger partial charge on any atom is -0.385 e. The van der Waals surface area contributed by atoms with Crippen molar-refractivity contribution in [3.05, 3.63) is 24.0 Å². The smallest absolute Gasteiger partial charge is 0.162 e. The lowest BCUT2D eigenvalue weighted by Gasteiger charge is -1.99. The van der Waals surface area contributed by atoms with E-state index in [0.29, 0.717) is 11.6 Å². The van der Waals surface area contributed by atoms with Crippen molar-refractivity contribution in [1.82, 2.24) is 14.6 Å². The van der Waals surface area contributed by atoms with Crippen molar-refractivity contribution in [2.45, 2.75) is 5.75 Å². The van der Waals surface area contributed by atoms with Gasteiger partial charge >= 0.3 is 0 Å². The van der Waals surface area contributed by atoms with E-state index in [1.165, 1.54) is 0 Å². The SMILES string of the molecule is Nc1cccc2nnc(CS)n12. The summed E-state index contributed by atoms with van der Waals surface area (Å²) in [5, 5.41) is 7.87. The van der Waals surface area contributed by atoms with Gasteiger partial charge in [0.05, 0.1) is 5.75 Å². The van der Waals surface area contributed by atoms with Crippen LogP contribution in [0.2, 0.25) is 0 Å². The third-order valence-electron chi connectivity index (χ3n) is 1.67. The van der Waals surface area contributed by atoms with E-state index in [4.69, 9.17) is 5.73 Å². The molecule has 0 aliphatic carbocycles. The molecule has 0 atom stereocenters. The molecule has 2 N–H and O–H groups in total. The van der Waals surface area contributed by atoms with E-state index >= 15 is 0 Å². The van der Waals surface area contributed by atoms with Gasteiger partial charge in [-0.05, 0) is 12.1 Å². The Morgan fingerprint density at radius 1 is 1.42 bits per heavy atom. The lowest BCUT2D eigenvalue weighted by atomic mass is 10.4. The molecule has 2 aromatic heterocycles. The molecule has 4 nitrogen and oxygen atoms in total. The zero-order valence-electron chi connectivity index (χ0n) is 6.31. The maximum atomic E-state index is 5.73. The molecule has 0 radical (unpaired) electrons. The normalized spacial score (nSPS) is 10.8. The Kier molecular flexibility index (Phi) is 1.65. The van der Waals surface area contributed by atoms with Crippen LogP contribution in [0.1, 0.15) is 5.82 Å². The molecule has 0 aromatic carbocycles. The summed E-state index contributed by atoms with van der Waals surface area (Å²) in [5.41, 5.74) is 6.49. The van der Waals surface area contributed by atoms with E-state index in [9.17, 15) is 0 Å². The second-order valence-electron chi connectivity index (χ2n) is 2.42. The fourth-order valence-corrected chi connectivity index (χ4v) is 1.33. The minimum atomic E-state index is 0.537. The molecule has 0 fully saturated rings. The van der Waals surface area contributed by atoms with Gasteiger partial charge in [-0.15, -0.1) is 10.2 Å². The van der Waals surface area contributed by atoms with Gasteiger partial charge in [-0.25, -0.2) is 0 Å². The van der Waals surface area contributed by atoms with Crippen molar-refractivity contribution >= 4 is 24.1 Å². The number of nitrogens with two attached hydrogens (primary N) is 1. The Bertz CT molecular complexity index is 409. The molecule has 0 unspecified atom stereocenters. The van der Waals surface area contributed by atoms with E-state index in [2.05, 4.69) is 22.8 Å². The van der Waals surface area contributed by atoms with Gasteiger partial charge in [0.2, 0.25) is 0 Å². The van der Waals surface area contributed by atoms with Gasteiger partial charge in [0, 0.05) is 0 Å². The summed E-state index contributed by atoms with van der Waals surface area (Å²) in [4.78, 5) is 0. The highest BCUT2D eigenvalue weighted by molar-refractivity contribution is 7.79. The van der Waals surface area contributed by atoms with Crippen LogP contribution in [0, 0.1) is 0 Å². The Balaban J connectivity index is 2.83. The van der Waals surface area contributed by atoms with E-state index < -0.39 is 0 Å². The number of thiol groups is 1. The number of rotatable bonds is 1. The van der Waals surface area contributed by atoms with Gasteiger partial charge in [0.1, 0.15) is 11.6 Å². The summed E-state index contributed by atoms with van der Waals surface area (Å²) in [6.07, 6.45) is 0. The number of hydrogen-bond donors (Lipinski definition) is 2. The minimum absolute atomic E-state index is 0.537. The third kappa shape index (κ3) is 0.937. The molecule has 2 heterocycles. The first-order valence-electron chi connectivity index (χ1n) is 3.52. The topological polar surface area (TPSA) is 56.2 Å². The van der Waals surface area contributed by atoms with E-state index in [0.717, 1.165) is 11.5 Å². The number of hydrogen-bond acceptors (Lipinski definition) is 4. The molecule has 0 aliphatic heterocycles. The van der Waals surface area contributed by atoms with E-state index in [1.54, 1.807) is 4.40 Å². The molecule has 5 heteroatoms. The zero-order valence-corrected chi connectivity index (χ0v) is 7.20. The summed E-state index contributed by atoms with van der Waals surface area (Å²) in [5.74, 6) is 1.95. The van der Waals surface area contributed by atoms with Gasteiger partial charge < -0.3 is 5.73 Å². The molecular weight excluding hydrogens is 172 g/mol. The van der Waals surface area contributed by atoms with Crippen molar-refractivity contribution in [3.8, 4) is 0 Å². The fraction of sp³-hybridized carbons (Fsp3) is 0.143. The monoisotopic (exact) mass is 180 g/mol. The molecule has 2 rings (SSSR count). The average molecular weight is 180 g/mol. The van der Waals surface area contributed by atoms with Crippen LogP contribution < -0.4 is 5.73 Å². The van der Waals surface area contributed by atoms with Crippen molar-refractivity contribution in [3.63, 3.8) is 0 Å². The van der Waals surface area contributed by atoms with Crippen LogP contribution in [0.3, 0.4) is 0 Å². The molecule has 2 aromatic rings. The predicted octanol–water partition coefficient (Wildman–Crippen LogP) is 0.741. The Morgan fingerprint density at radius 2 is 2.25 bits per heavy atom. The van der Waals surface area contributed by atoms with Gasteiger partial charge in [-0.1, -0.05) is 6.07 Å². The van der Waals surface area contributed by atoms with Crippen molar-refractivity contribution < 1.29 is 0 Å². The van der Waals surface area contributed by atoms with Gasteiger partial charge in [-0.3, -0.25) is 4.40 Å². The van der Waals surface area contributed by atoms with Crippen LogP contribution in [-0.4, -0.2) is 14.6 Å². The van der Waals surface area contributed by atoms with E-state index in [-0.39, 0.29) is 0 Å². The van der Waals surface area contributed by atoms with E-state index in [1.807, 2.05) is 18.2 Å². The maximum absolute atomic E-state index is 5.73. The molecule has 0 bridgehead atoms. The molecule has 0 spiro atoms. The molecule has 0 aliphatic rings. The first-order chi connectivity index (χ1) is 5.83. The van der Waals surface area contributed by atoms with Crippen molar-refractivity contribution in [2.75, 3.05) is 5.73 Å². The van der Waals surface area contributed by atoms with Crippen molar-refractivity contribution in [1.29, 1.82) is 0 Å². The quantitative estimate of drug-likeness (QED) is 0.636. The van der Waals surface area contributed by atoms with Crippen LogP contribution in [0.15, 0.2) is 18.2 Å². The van der Waals surface area contributed by atoms with Gasteiger partial charge in [0.25, 0.3) is 0 Å². The third-order valence-corrected chi connectivity index (χ3v) is 1.95. The average Bonchev–Trinajstić information content (AvgIpc) is 2.49. The number of nitrogens with zero attached hydrogens (tertiary/aromatic N) is 3. The summed E-state index contributed by atoms with van der Waals surface area (Å²) >= 11 is 4.12. The summed E-state index contributed by atoms with van der Waals surface area (Å²) in [6.45, 7) is 0. The number of anilines is 1. The standard InChI is InChI=1S/C7H8N4S/c8-5-2-1-3-6-9-10-7(4-12)11(5)6/h1-3,12H,4,8H2. The molecule has 0 saturated heterocycles. The number of nitrogen functional groups attached to an aromatic ring is 1. The lowest BCUT2D eigenvalue weighted by Crippen LogP contribution is -1.99.